The molecule has 3 amide bonds. The van der Waals surface area contributed by atoms with Crippen LogP contribution in [-0.4, -0.2) is 49.4 Å². The number of ether oxygens (including phenoxy) is 1. The molecule has 0 radical (unpaired) electrons. The van der Waals surface area contributed by atoms with E-state index < -0.39 is 30.9 Å². The SMILES string of the molecule is CC(C)NC(=O)CNC(=O)COC(=O)CNC(=O)c1ccc(Cl)c(Cl)c1. The van der Waals surface area contributed by atoms with Crippen LogP contribution in [0.25, 0.3) is 0 Å². The summed E-state index contributed by atoms with van der Waals surface area (Å²) in [4.78, 5) is 46.3. The Hall–Kier alpha value is -2.32. The van der Waals surface area contributed by atoms with Crippen LogP contribution in [0.5, 0.6) is 0 Å². The molecule has 0 saturated carbocycles. The van der Waals surface area contributed by atoms with Crippen molar-refractivity contribution in [2.45, 2.75) is 19.9 Å². The molecule has 0 fully saturated rings. The average Bonchev–Trinajstić information content (AvgIpc) is 2.57. The van der Waals surface area contributed by atoms with Gasteiger partial charge < -0.3 is 20.7 Å². The Balaban J connectivity index is 2.29. The number of hydrogen-bond donors (Lipinski definition) is 3. The molecule has 10 heteroatoms. The summed E-state index contributed by atoms with van der Waals surface area (Å²) in [6.45, 7) is 2.36. The zero-order valence-corrected chi connectivity index (χ0v) is 15.7. The fourth-order valence-corrected chi connectivity index (χ4v) is 1.99. The highest BCUT2D eigenvalue weighted by molar-refractivity contribution is 6.42. The van der Waals surface area contributed by atoms with E-state index in [2.05, 4.69) is 16.0 Å². The maximum absolute atomic E-state index is 11.9. The monoisotopic (exact) mass is 403 g/mol. The second-order valence-electron chi connectivity index (χ2n) is 5.47. The number of hydrogen-bond acceptors (Lipinski definition) is 5. The first-order valence-electron chi connectivity index (χ1n) is 7.64. The van der Waals surface area contributed by atoms with Gasteiger partial charge in [0, 0.05) is 11.6 Å². The van der Waals surface area contributed by atoms with E-state index in [1.807, 2.05) is 0 Å². The van der Waals surface area contributed by atoms with Gasteiger partial charge in [-0.1, -0.05) is 23.2 Å². The van der Waals surface area contributed by atoms with Crippen LogP contribution in [0, 0.1) is 0 Å². The van der Waals surface area contributed by atoms with Gasteiger partial charge in [0.1, 0.15) is 6.54 Å². The number of nitrogens with one attached hydrogen (secondary N) is 3. The highest BCUT2D eigenvalue weighted by atomic mass is 35.5. The van der Waals surface area contributed by atoms with Crippen molar-refractivity contribution >= 4 is 46.9 Å². The van der Waals surface area contributed by atoms with Crippen molar-refractivity contribution in [3.05, 3.63) is 33.8 Å². The molecule has 142 valence electrons. The van der Waals surface area contributed by atoms with E-state index in [4.69, 9.17) is 27.9 Å². The summed E-state index contributed by atoms with van der Waals surface area (Å²) in [5.74, 6) is -2.34. The largest absolute Gasteiger partial charge is 0.454 e. The fourth-order valence-electron chi connectivity index (χ4n) is 1.69. The molecule has 1 aromatic carbocycles. The zero-order chi connectivity index (χ0) is 19.7. The predicted octanol–water partition coefficient (Wildman–Crippen LogP) is 0.907. The van der Waals surface area contributed by atoms with Crippen molar-refractivity contribution in [1.29, 1.82) is 0 Å². The van der Waals surface area contributed by atoms with E-state index >= 15 is 0 Å². The van der Waals surface area contributed by atoms with Crippen molar-refractivity contribution in [1.82, 2.24) is 16.0 Å². The third-order valence-electron chi connectivity index (χ3n) is 2.84. The highest BCUT2D eigenvalue weighted by Crippen LogP contribution is 2.22. The van der Waals surface area contributed by atoms with Crippen LogP contribution >= 0.6 is 23.2 Å². The Kier molecular flexibility index (Phi) is 8.87. The van der Waals surface area contributed by atoms with Crippen molar-refractivity contribution in [2.24, 2.45) is 0 Å². The Morgan fingerprint density at radius 3 is 2.31 bits per heavy atom. The number of esters is 1. The summed E-state index contributed by atoms with van der Waals surface area (Å²) in [6, 6.07) is 4.22. The lowest BCUT2D eigenvalue weighted by Gasteiger charge is -2.10. The molecule has 1 rings (SSSR count). The zero-order valence-electron chi connectivity index (χ0n) is 14.2. The van der Waals surface area contributed by atoms with Crippen LogP contribution in [0.2, 0.25) is 10.0 Å². The Labute approximate surface area is 160 Å². The number of carbonyl (C=O) groups is 4. The molecule has 0 spiro atoms. The molecule has 8 nitrogen and oxygen atoms in total. The number of carbonyl (C=O) groups excluding carboxylic acids is 4. The van der Waals surface area contributed by atoms with Gasteiger partial charge in [-0.3, -0.25) is 19.2 Å². The molecule has 0 aromatic heterocycles. The van der Waals surface area contributed by atoms with E-state index in [9.17, 15) is 19.2 Å². The molecular weight excluding hydrogens is 385 g/mol. The smallest absolute Gasteiger partial charge is 0.325 e. The summed E-state index contributed by atoms with van der Waals surface area (Å²) in [5, 5.41) is 7.73. The van der Waals surface area contributed by atoms with Gasteiger partial charge in [-0.2, -0.15) is 0 Å². The number of halogens is 2. The lowest BCUT2D eigenvalue weighted by Crippen LogP contribution is -2.41. The third kappa shape index (κ3) is 8.17. The number of rotatable bonds is 8. The molecule has 0 aliphatic rings. The average molecular weight is 404 g/mol. The molecule has 0 bridgehead atoms. The van der Waals surface area contributed by atoms with Crippen molar-refractivity contribution in [3.8, 4) is 0 Å². The van der Waals surface area contributed by atoms with Gasteiger partial charge in [-0.05, 0) is 32.0 Å². The second kappa shape index (κ2) is 10.6. The van der Waals surface area contributed by atoms with E-state index in [0.717, 1.165) is 0 Å². The first-order chi connectivity index (χ1) is 12.2. The molecule has 0 aliphatic heterocycles. The maximum atomic E-state index is 11.9. The van der Waals surface area contributed by atoms with Gasteiger partial charge in [-0.25, -0.2) is 0 Å². The van der Waals surface area contributed by atoms with Gasteiger partial charge >= 0.3 is 5.97 Å². The summed E-state index contributed by atoms with van der Waals surface area (Å²) in [7, 11) is 0. The maximum Gasteiger partial charge on any atom is 0.325 e. The minimum absolute atomic E-state index is 0.0450. The molecule has 0 unspecified atom stereocenters. The second-order valence-corrected chi connectivity index (χ2v) is 6.29. The quantitative estimate of drug-likeness (QED) is 0.558. The van der Waals surface area contributed by atoms with Gasteiger partial charge in [0.05, 0.1) is 16.6 Å². The molecular formula is C16H19Cl2N3O5. The predicted molar refractivity (Wildman–Crippen MR) is 96.0 cm³/mol. The van der Waals surface area contributed by atoms with Crippen molar-refractivity contribution in [2.75, 3.05) is 19.7 Å². The van der Waals surface area contributed by atoms with Crippen LogP contribution in [0.4, 0.5) is 0 Å². The van der Waals surface area contributed by atoms with Gasteiger partial charge in [0.15, 0.2) is 6.61 Å². The molecule has 0 heterocycles. The van der Waals surface area contributed by atoms with Gasteiger partial charge in [0.25, 0.3) is 11.8 Å². The van der Waals surface area contributed by atoms with Gasteiger partial charge in [0.2, 0.25) is 5.91 Å². The molecule has 3 N–H and O–H groups in total. The topological polar surface area (TPSA) is 114 Å². The van der Waals surface area contributed by atoms with Crippen LogP contribution < -0.4 is 16.0 Å². The minimum Gasteiger partial charge on any atom is -0.454 e. The van der Waals surface area contributed by atoms with E-state index in [-0.39, 0.29) is 29.1 Å². The number of amides is 3. The van der Waals surface area contributed by atoms with Crippen LogP contribution in [0.15, 0.2) is 18.2 Å². The molecule has 26 heavy (non-hydrogen) atoms. The lowest BCUT2D eigenvalue weighted by molar-refractivity contribution is -0.147. The first kappa shape index (κ1) is 21.7. The van der Waals surface area contributed by atoms with E-state index in [0.29, 0.717) is 5.02 Å². The Bertz CT molecular complexity index is 694. The Morgan fingerprint density at radius 1 is 1.00 bits per heavy atom. The van der Waals surface area contributed by atoms with E-state index in [1.54, 1.807) is 13.8 Å². The summed E-state index contributed by atoms with van der Waals surface area (Å²) >= 11 is 11.6. The minimum atomic E-state index is -0.805. The lowest BCUT2D eigenvalue weighted by atomic mass is 10.2. The third-order valence-corrected chi connectivity index (χ3v) is 3.57. The molecule has 0 aliphatic carbocycles. The summed E-state index contributed by atoms with van der Waals surface area (Å²) in [6.07, 6.45) is 0. The van der Waals surface area contributed by atoms with E-state index in [1.165, 1.54) is 18.2 Å². The molecule has 0 saturated heterocycles. The van der Waals surface area contributed by atoms with Crippen molar-refractivity contribution in [3.63, 3.8) is 0 Å². The van der Waals surface area contributed by atoms with Crippen LogP contribution in [0.3, 0.4) is 0 Å². The highest BCUT2D eigenvalue weighted by Gasteiger charge is 2.12. The van der Waals surface area contributed by atoms with Gasteiger partial charge in [-0.15, -0.1) is 0 Å². The molecule has 1 aromatic rings. The summed E-state index contributed by atoms with van der Waals surface area (Å²) in [5.41, 5.74) is 0.223. The number of benzene rings is 1. The molecule has 0 atom stereocenters. The first-order valence-corrected chi connectivity index (χ1v) is 8.39. The normalized spacial score (nSPS) is 10.2. The fraction of sp³-hybridized carbons (Fsp3) is 0.375. The summed E-state index contributed by atoms with van der Waals surface area (Å²) < 4.78 is 4.70. The van der Waals surface area contributed by atoms with Crippen LogP contribution in [0.1, 0.15) is 24.2 Å². The van der Waals surface area contributed by atoms with Crippen molar-refractivity contribution < 1.29 is 23.9 Å². The Morgan fingerprint density at radius 2 is 1.69 bits per heavy atom. The standard InChI is InChI=1S/C16H19Cl2N3O5/c1-9(2)21-13(22)6-19-14(23)8-26-15(24)7-20-16(25)10-3-4-11(17)12(18)5-10/h3-5,9H,6-8H2,1-2H3,(H,19,23)(H,20,25)(H,21,22). The van der Waals surface area contributed by atoms with Crippen LogP contribution in [-0.2, 0) is 19.1 Å².